The van der Waals surface area contributed by atoms with Crippen LogP contribution in [0.3, 0.4) is 0 Å². The van der Waals surface area contributed by atoms with Crippen molar-refractivity contribution in [3.8, 4) is 10.4 Å². The van der Waals surface area contributed by atoms with Gasteiger partial charge in [-0.3, -0.25) is 4.79 Å². The van der Waals surface area contributed by atoms with E-state index >= 15 is 0 Å². The Balaban J connectivity index is 2.10. The number of carbonyl (C=O) groups excluding carboxylic acids is 1. The number of aliphatic hydroxyl groups excluding tert-OH is 1. The standard InChI is InChI=1S/C14H13Cl2FN2O2S/c15-13(16)14(21)19-10(7-17)12(20)9-3-1-8(2-4-9)11-5-6-18-22-11/h1-6,10,12-13,20H,7H2,(H,19,21)/t10-,12-/m1/s1. The summed E-state index contributed by atoms with van der Waals surface area (Å²) in [5, 5.41) is 12.5. The van der Waals surface area contributed by atoms with Gasteiger partial charge in [0.1, 0.15) is 12.8 Å². The Morgan fingerprint density at radius 2 is 2.00 bits per heavy atom. The van der Waals surface area contributed by atoms with Crippen molar-refractivity contribution in [1.29, 1.82) is 0 Å². The largest absolute Gasteiger partial charge is 0.386 e. The fourth-order valence-corrected chi connectivity index (χ4v) is 2.61. The monoisotopic (exact) mass is 362 g/mol. The maximum Gasteiger partial charge on any atom is 0.253 e. The molecule has 0 bridgehead atoms. The van der Waals surface area contributed by atoms with E-state index in [4.69, 9.17) is 23.2 Å². The highest BCUT2D eigenvalue weighted by atomic mass is 35.5. The molecule has 1 amide bonds. The van der Waals surface area contributed by atoms with Crippen molar-refractivity contribution in [2.75, 3.05) is 6.67 Å². The lowest BCUT2D eigenvalue weighted by molar-refractivity contribution is -0.121. The van der Waals surface area contributed by atoms with E-state index in [0.717, 1.165) is 10.4 Å². The summed E-state index contributed by atoms with van der Waals surface area (Å²) in [6.45, 7) is -0.940. The molecule has 1 aromatic heterocycles. The molecular weight excluding hydrogens is 350 g/mol. The third-order valence-corrected chi connectivity index (χ3v) is 4.24. The molecule has 22 heavy (non-hydrogen) atoms. The minimum Gasteiger partial charge on any atom is -0.386 e. The second-order valence-electron chi connectivity index (χ2n) is 4.51. The van der Waals surface area contributed by atoms with E-state index in [9.17, 15) is 14.3 Å². The zero-order valence-corrected chi connectivity index (χ0v) is 13.6. The van der Waals surface area contributed by atoms with Gasteiger partial charge in [-0.05, 0) is 28.7 Å². The van der Waals surface area contributed by atoms with E-state index < -0.39 is 29.6 Å². The van der Waals surface area contributed by atoms with Crippen molar-refractivity contribution >= 4 is 40.6 Å². The number of alkyl halides is 3. The third-order valence-electron chi connectivity index (χ3n) is 3.05. The highest BCUT2D eigenvalue weighted by Gasteiger charge is 2.25. The molecule has 0 spiro atoms. The second kappa shape index (κ2) is 7.87. The lowest BCUT2D eigenvalue weighted by Crippen LogP contribution is -2.43. The van der Waals surface area contributed by atoms with Gasteiger partial charge in [0.2, 0.25) is 0 Å². The Hall–Kier alpha value is -1.21. The van der Waals surface area contributed by atoms with Gasteiger partial charge in [0.15, 0.2) is 4.84 Å². The highest BCUT2D eigenvalue weighted by molar-refractivity contribution is 7.09. The fraction of sp³-hybridized carbons (Fsp3) is 0.286. The Bertz CT molecular complexity index is 608. The molecule has 0 aliphatic heterocycles. The first-order chi connectivity index (χ1) is 10.5. The lowest BCUT2D eigenvalue weighted by atomic mass is 10.0. The van der Waals surface area contributed by atoms with Gasteiger partial charge in [-0.25, -0.2) is 8.76 Å². The van der Waals surface area contributed by atoms with E-state index in [1.165, 1.54) is 11.5 Å². The van der Waals surface area contributed by atoms with Crippen LogP contribution in [0, 0.1) is 0 Å². The van der Waals surface area contributed by atoms with Gasteiger partial charge in [-0.1, -0.05) is 47.5 Å². The summed E-state index contributed by atoms with van der Waals surface area (Å²) in [5.74, 6) is -0.744. The summed E-state index contributed by atoms with van der Waals surface area (Å²) >= 11 is 12.2. The summed E-state index contributed by atoms with van der Waals surface area (Å²) in [4.78, 5) is 11.1. The van der Waals surface area contributed by atoms with Gasteiger partial charge < -0.3 is 10.4 Å². The van der Waals surface area contributed by atoms with Crippen LogP contribution < -0.4 is 5.32 Å². The summed E-state index contributed by atoms with van der Waals surface area (Å²) in [6, 6.07) is 7.72. The summed E-state index contributed by atoms with van der Waals surface area (Å²) in [6.07, 6.45) is 0.503. The van der Waals surface area contributed by atoms with Crippen molar-refractivity contribution in [3.05, 3.63) is 42.1 Å². The number of hydrogen-bond acceptors (Lipinski definition) is 4. The SMILES string of the molecule is O=C(N[C@H](CF)[C@H](O)c1ccc(-c2ccns2)cc1)C(Cl)Cl. The second-order valence-corrected chi connectivity index (χ2v) is 6.44. The average Bonchev–Trinajstić information content (AvgIpc) is 3.06. The molecule has 0 aliphatic carbocycles. The van der Waals surface area contributed by atoms with Crippen LogP contribution in [0.1, 0.15) is 11.7 Å². The number of carbonyl (C=O) groups is 1. The van der Waals surface area contributed by atoms with Crippen LogP contribution in [0.25, 0.3) is 10.4 Å². The van der Waals surface area contributed by atoms with Crippen molar-refractivity contribution in [2.24, 2.45) is 0 Å². The van der Waals surface area contributed by atoms with E-state index in [2.05, 4.69) is 9.69 Å². The summed E-state index contributed by atoms with van der Waals surface area (Å²) in [5.41, 5.74) is 1.43. The van der Waals surface area contributed by atoms with Crippen LogP contribution in [0.15, 0.2) is 36.5 Å². The number of nitrogens with one attached hydrogen (secondary N) is 1. The van der Waals surface area contributed by atoms with Crippen molar-refractivity contribution in [1.82, 2.24) is 9.69 Å². The van der Waals surface area contributed by atoms with Crippen LogP contribution >= 0.6 is 34.7 Å². The minimum absolute atomic E-state index is 0.483. The van der Waals surface area contributed by atoms with Crippen LogP contribution in [0.5, 0.6) is 0 Å². The molecule has 2 N–H and O–H groups in total. The first-order valence-electron chi connectivity index (χ1n) is 6.36. The zero-order valence-electron chi connectivity index (χ0n) is 11.2. The quantitative estimate of drug-likeness (QED) is 0.776. The van der Waals surface area contributed by atoms with Gasteiger partial charge in [0.05, 0.1) is 10.9 Å². The fourth-order valence-electron chi connectivity index (χ4n) is 1.89. The molecule has 8 heteroatoms. The molecule has 2 atom stereocenters. The smallest absolute Gasteiger partial charge is 0.253 e. The highest BCUT2D eigenvalue weighted by Crippen LogP contribution is 2.25. The number of rotatable bonds is 6. The number of halogens is 3. The molecule has 2 aromatic rings. The number of benzene rings is 1. The van der Waals surface area contributed by atoms with E-state index in [-0.39, 0.29) is 0 Å². The molecule has 0 aliphatic rings. The van der Waals surface area contributed by atoms with Crippen molar-refractivity contribution in [3.63, 3.8) is 0 Å². The van der Waals surface area contributed by atoms with Gasteiger partial charge in [0.25, 0.3) is 5.91 Å². The summed E-state index contributed by atoms with van der Waals surface area (Å²) < 4.78 is 17.1. The average molecular weight is 363 g/mol. The molecule has 0 saturated heterocycles. The topological polar surface area (TPSA) is 62.2 Å². The Labute approximate surface area is 141 Å². The predicted molar refractivity (Wildman–Crippen MR) is 85.9 cm³/mol. The zero-order chi connectivity index (χ0) is 16.1. The number of aliphatic hydroxyl groups is 1. The number of aromatic nitrogens is 1. The van der Waals surface area contributed by atoms with Gasteiger partial charge >= 0.3 is 0 Å². The number of amides is 1. The van der Waals surface area contributed by atoms with Gasteiger partial charge in [-0.15, -0.1) is 0 Å². The van der Waals surface area contributed by atoms with Crippen molar-refractivity contribution < 1.29 is 14.3 Å². The predicted octanol–water partition coefficient (Wildman–Crippen LogP) is 3.10. The molecule has 4 nitrogen and oxygen atoms in total. The maximum absolute atomic E-state index is 13.1. The van der Waals surface area contributed by atoms with Crippen LogP contribution in [0.2, 0.25) is 0 Å². The molecule has 0 fully saturated rings. The molecule has 1 aromatic carbocycles. The maximum atomic E-state index is 13.1. The molecule has 0 saturated carbocycles. The van der Waals surface area contributed by atoms with E-state index in [1.807, 2.05) is 6.07 Å². The minimum atomic E-state index is -1.31. The van der Waals surface area contributed by atoms with Gasteiger partial charge in [0, 0.05) is 6.20 Å². The van der Waals surface area contributed by atoms with Gasteiger partial charge in [-0.2, -0.15) is 0 Å². The van der Waals surface area contributed by atoms with Crippen LogP contribution in [-0.4, -0.2) is 32.9 Å². The Kier molecular flexibility index (Phi) is 6.14. The lowest BCUT2D eigenvalue weighted by Gasteiger charge is -2.22. The molecule has 0 unspecified atom stereocenters. The van der Waals surface area contributed by atoms with E-state index in [1.54, 1.807) is 30.5 Å². The Morgan fingerprint density at radius 3 is 2.50 bits per heavy atom. The van der Waals surface area contributed by atoms with Crippen LogP contribution in [0.4, 0.5) is 4.39 Å². The van der Waals surface area contributed by atoms with E-state index in [0.29, 0.717) is 5.56 Å². The molecular formula is C14H13Cl2FN2O2S. The molecule has 2 rings (SSSR count). The Morgan fingerprint density at radius 1 is 1.32 bits per heavy atom. The third kappa shape index (κ3) is 4.16. The number of hydrogen-bond donors (Lipinski definition) is 2. The number of nitrogens with zero attached hydrogens (tertiary/aromatic N) is 1. The molecule has 0 radical (unpaired) electrons. The summed E-state index contributed by atoms with van der Waals surface area (Å²) in [7, 11) is 0. The molecule has 1 heterocycles. The molecule has 118 valence electrons. The first kappa shape index (κ1) is 17.1. The first-order valence-corrected chi connectivity index (χ1v) is 8.01. The normalized spacial score (nSPS) is 13.9. The van der Waals surface area contributed by atoms with Crippen LogP contribution in [-0.2, 0) is 4.79 Å². The van der Waals surface area contributed by atoms with Crippen molar-refractivity contribution in [2.45, 2.75) is 17.0 Å².